The van der Waals surface area contributed by atoms with Gasteiger partial charge in [0.1, 0.15) is 10.7 Å². The normalized spacial score (nSPS) is 10.3. The summed E-state index contributed by atoms with van der Waals surface area (Å²) < 4.78 is 12.9. The highest BCUT2D eigenvalue weighted by Crippen LogP contribution is 2.25. The Balaban J connectivity index is 1.69. The second-order valence-corrected chi connectivity index (χ2v) is 6.88. The Morgan fingerprint density at radius 3 is 2.38 bits per heavy atom. The van der Waals surface area contributed by atoms with E-state index in [4.69, 9.17) is 5.73 Å². The van der Waals surface area contributed by atoms with Crippen molar-refractivity contribution in [3.8, 4) is 0 Å². The van der Waals surface area contributed by atoms with Gasteiger partial charge in [-0.1, -0.05) is 23.5 Å². The third-order valence-corrected chi connectivity index (χ3v) is 4.84. The SMILES string of the molecule is Cc1nc(NC(=O)Nc2ccc(F)cc2)sc1C(=O)Nc1ccccc1C(N)=O. The second kappa shape index (κ2) is 8.48. The second-order valence-electron chi connectivity index (χ2n) is 5.88. The summed E-state index contributed by atoms with van der Waals surface area (Å²) >= 11 is 0.971. The molecule has 1 heterocycles. The number of carbonyl (C=O) groups is 3. The molecule has 3 rings (SSSR count). The summed E-state index contributed by atoms with van der Waals surface area (Å²) in [5.74, 6) is -1.57. The van der Waals surface area contributed by atoms with Crippen molar-refractivity contribution in [2.45, 2.75) is 6.92 Å². The number of nitrogens with two attached hydrogens (primary N) is 1. The minimum absolute atomic E-state index is 0.181. The largest absolute Gasteiger partial charge is 0.366 e. The molecule has 0 aliphatic heterocycles. The van der Waals surface area contributed by atoms with Crippen molar-refractivity contribution in [1.82, 2.24) is 4.98 Å². The third kappa shape index (κ3) is 4.93. The molecule has 0 unspecified atom stereocenters. The van der Waals surface area contributed by atoms with Gasteiger partial charge in [0.05, 0.1) is 16.9 Å². The highest BCUT2D eigenvalue weighted by atomic mass is 32.1. The fourth-order valence-corrected chi connectivity index (χ4v) is 3.30. The summed E-state index contributed by atoms with van der Waals surface area (Å²) in [4.78, 5) is 40.6. The molecule has 8 nitrogen and oxygen atoms in total. The van der Waals surface area contributed by atoms with Crippen molar-refractivity contribution in [1.29, 1.82) is 0 Å². The Morgan fingerprint density at radius 2 is 1.69 bits per heavy atom. The van der Waals surface area contributed by atoms with Gasteiger partial charge in [0.2, 0.25) is 0 Å². The van der Waals surface area contributed by atoms with E-state index in [1.807, 2.05) is 0 Å². The number of para-hydroxylation sites is 1. The molecule has 4 amide bonds. The van der Waals surface area contributed by atoms with Gasteiger partial charge in [-0.15, -0.1) is 0 Å². The number of primary amides is 1. The highest BCUT2D eigenvalue weighted by molar-refractivity contribution is 7.17. The number of hydrogen-bond donors (Lipinski definition) is 4. The van der Waals surface area contributed by atoms with Crippen molar-refractivity contribution < 1.29 is 18.8 Å². The van der Waals surface area contributed by atoms with E-state index in [0.717, 1.165) is 11.3 Å². The number of urea groups is 1. The van der Waals surface area contributed by atoms with Crippen LogP contribution in [0.25, 0.3) is 0 Å². The van der Waals surface area contributed by atoms with Crippen LogP contribution >= 0.6 is 11.3 Å². The number of rotatable bonds is 5. The number of amides is 4. The van der Waals surface area contributed by atoms with Crippen molar-refractivity contribution >= 4 is 45.7 Å². The molecule has 5 N–H and O–H groups in total. The maximum absolute atomic E-state index is 12.9. The lowest BCUT2D eigenvalue weighted by atomic mass is 10.1. The first kappa shape index (κ1) is 20.0. The molecule has 0 fully saturated rings. The van der Waals surface area contributed by atoms with Crippen LogP contribution in [-0.4, -0.2) is 22.8 Å². The number of carbonyl (C=O) groups excluding carboxylic acids is 3. The van der Waals surface area contributed by atoms with E-state index >= 15 is 0 Å². The van der Waals surface area contributed by atoms with Crippen LogP contribution in [0.4, 0.5) is 25.7 Å². The summed E-state index contributed by atoms with van der Waals surface area (Å²) in [7, 11) is 0. The molecule has 3 aromatic rings. The van der Waals surface area contributed by atoms with Gasteiger partial charge in [-0.05, 0) is 43.3 Å². The van der Waals surface area contributed by atoms with E-state index in [-0.39, 0.29) is 21.3 Å². The lowest BCUT2D eigenvalue weighted by molar-refractivity contribution is 0.100. The van der Waals surface area contributed by atoms with E-state index in [0.29, 0.717) is 11.4 Å². The average molecular weight is 413 g/mol. The van der Waals surface area contributed by atoms with Gasteiger partial charge in [-0.3, -0.25) is 14.9 Å². The number of nitrogens with one attached hydrogen (secondary N) is 3. The topological polar surface area (TPSA) is 126 Å². The molecule has 0 saturated carbocycles. The van der Waals surface area contributed by atoms with Gasteiger partial charge < -0.3 is 16.4 Å². The molecular formula is C19H16FN5O3S. The van der Waals surface area contributed by atoms with Crippen molar-refractivity contribution in [3.63, 3.8) is 0 Å². The Labute approximate surface area is 169 Å². The molecule has 0 radical (unpaired) electrons. The molecule has 0 aliphatic rings. The zero-order chi connectivity index (χ0) is 21.0. The van der Waals surface area contributed by atoms with E-state index in [2.05, 4.69) is 20.9 Å². The first-order valence-electron chi connectivity index (χ1n) is 8.34. The Morgan fingerprint density at radius 1 is 1.00 bits per heavy atom. The Bertz CT molecular complexity index is 1080. The van der Waals surface area contributed by atoms with E-state index in [1.54, 1.807) is 25.1 Å². The van der Waals surface area contributed by atoms with Crippen LogP contribution in [0, 0.1) is 12.7 Å². The van der Waals surface area contributed by atoms with Crippen LogP contribution in [0.1, 0.15) is 25.7 Å². The van der Waals surface area contributed by atoms with Crippen LogP contribution in [-0.2, 0) is 0 Å². The van der Waals surface area contributed by atoms with Crippen molar-refractivity contribution in [3.05, 3.63) is 70.5 Å². The van der Waals surface area contributed by atoms with Crippen molar-refractivity contribution in [2.75, 3.05) is 16.0 Å². The van der Waals surface area contributed by atoms with Crippen LogP contribution in [0.15, 0.2) is 48.5 Å². The van der Waals surface area contributed by atoms with Gasteiger partial charge in [-0.25, -0.2) is 14.2 Å². The van der Waals surface area contributed by atoms with E-state index in [9.17, 15) is 18.8 Å². The lowest BCUT2D eigenvalue weighted by Gasteiger charge is -2.07. The quantitative estimate of drug-likeness (QED) is 0.510. The number of aryl methyl sites for hydroxylation is 1. The number of aromatic nitrogens is 1. The first-order valence-corrected chi connectivity index (χ1v) is 9.16. The minimum atomic E-state index is -0.665. The number of nitrogens with zero attached hydrogens (tertiary/aromatic N) is 1. The fraction of sp³-hybridized carbons (Fsp3) is 0.0526. The molecule has 0 atom stereocenters. The molecule has 0 aliphatic carbocycles. The van der Waals surface area contributed by atoms with Crippen LogP contribution in [0.2, 0.25) is 0 Å². The smallest absolute Gasteiger partial charge is 0.325 e. The Kier molecular flexibility index (Phi) is 5.84. The van der Waals surface area contributed by atoms with E-state index in [1.165, 1.54) is 30.3 Å². The number of anilines is 3. The predicted molar refractivity (Wildman–Crippen MR) is 109 cm³/mol. The monoisotopic (exact) mass is 413 g/mol. The fourth-order valence-electron chi connectivity index (χ4n) is 2.44. The highest BCUT2D eigenvalue weighted by Gasteiger charge is 2.18. The average Bonchev–Trinajstić information content (AvgIpc) is 3.04. The number of benzene rings is 2. The summed E-state index contributed by atoms with van der Waals surface area (Å²) in [6.45, 7) is 1.62. The summed E-state index contributed by atoms with van der Waals surface area (Å²) in [5, 5.41) is 7.89. The number of halogens is 1. The Hall–Kier alpha value is -3.79. The molecular weight excluding hydrogens is 397 g/mol. The van der Waals surface area contributed by atoms with Crippen LogP contribution in [0.5, 0.6) is 0 Å². The molecule has 2 aromatic carbocycles. The number of hydrogen-bond acceptors (Lipinski definition) is 5. The minimum Gasteiger partial charge on any atom is -0.366 e. The van der Waals surface area contributed by atoms with Gasteiger partial charge in [-0.2, -0.15) is 0 Å². The summed E-state index contributed by atoms with van der Waals surface area (Å²) in [6.07, 6.45) is 0. The zero-order valence-electron chi connectivity index (χ0n) is 15.2. The maximum atomic E-state index is 12.9. The van der Waals surface area contributed by atoms with Crippen LogP contribution < -0.4 is 21.7 Å². The maximum Gasteiger partial charge on any atom is 0.325 e. The van der Waals surface area contributed by atoms with Gasteiger partial charge in [0.15, 0.2) is 5.13 Å². The first-order chi connectivity index (χ1) is 13.8. The van der Waals surface area contributed by atoms with Crippen LogP contribution in [0.3, 0.4) is 0 Å². The van der Waals surface area contributed by atoms with E-state index < -0.39 is 23.7 Å². The van der Waals surface area contributed by atoms with Gasteiger partial charge in [0, 0.05) is 5.69 Å². The van der Waals surface area contributed by atoms with Gasteiger partial charge in [0.25, 0.3) is 11.8 Å². The van der Waals surface area contributed by atoms with Crippen molar-refractivity contribution in [2.24, 2.45) is 5.73 Å². The molecule has 0 bridgehead atoms. The molecule has 0 spiro atoms. The lowest BCUT2D eigenvalue weighted by Crippen LogP contribution is -2.19. The predicted octanol–water partition coefficient (Wildman–Crippen LogP) is 3.59. The molecule has 29 heavy (non-hydrogen) atoms. The van der Waals surface area contributed by atoms with Gasteiger partial charge >= 0.3 is 6.03 Å². The summed E-state index contributed by atoms with van der Waals surface area (Å²) in [6, 6.07) is 11.0. The standard InChI is InChI=1S/C19H16FN5O3S/c1-10-15(17(27)24-14-5-3-2-4-13(14)16(21)26)29-19(22-10)25-18(28)23-12-8-6-11(20)7-9-12/h2-9H,1H3,(H2,21,26)(H,24,27)(H2,22,23,25,28). The molecule has 10 heteroatoms. The summed E-state index contributed by atoms with van der Waals surface area (Å²) in [5.41, 5.74) is 6.58. The molecule has 1 aromatic heterocycles. The zero-order valence-corrected chi connectivity index (χ0v) is 16.0. The molecule has 148 valence electrons. The molecule has 0 saturated heterocycles. The number of thiazole rings is 1. The third-order valence-electron chi connectivity index (χ3n) is 3.77.